The Morgan fingerprint density at radius 3 is 2.38 bits per heavy atom. The van der Waals surface area contributed by atoms with Crippen LogP contribution in [0.2, 0.25) is 0 Å². The molecule has 80 heavy (non-hydrogen) atoms. The zero-order valence-corrected chi connectivity index (χ0v) is 46.3. The molecule has 4 amide bonds. The zero-order chi connectivity index (χ0) is 55.5. The van der Waals surface area contributed by atoms with Crippen LogP contribution in [0.25, 0.3) is 32.9 Å². The number of piperidine rings is 2. The van der Waals surface area contributed by atoms with E-state index in [1.165, 1.54) is 13.5 Å². The van der Waals surface area contributed by atoms with Crippen LogP contribution in [0.4, 0.5) is 20.7 Å². The SMILES string of the molecule is C#Cc1cccc2cc(OCOC)cc(-c3ncc4c(N5CC6CCC(C5)N6C(=O)OC(C)(C)C)nc(OCC5(CN6CCC(CCN7CCN(c8ccc9c(c8)CN([C@H]8CCC(=O)NC8=O)C9=O)CC7)CC6)CC5)nc4c3F)c12. The van der Waals surface area contributed by atoms with Gasteiger partial charge in [0.1, 0.15) is 34.4 Å². The summed E-state index contributed by atoms with van der Waals surface area (Å²) in [5, 5.41) is 4.26. The highest BCUT2D eigenvalue weighted by Crippen LogP contribution is 2.48. The molecule has 8 heterocycles. The number of carbonyl (C=O) groups is 4. The third kappa shape index (κ3) is 10.8. The molecule has 0 radical (unpaired) electrons. The van der Waals surface area contributed by atoms with Crippen molar-refractivity contribution < 1.29 is 42.5 Å². The van der Waals surface area contributed by atoms with Gasteiger partial charge in [-0.15, -0.1) is 6.42 Å². The number of nitrogens with one attached hydrogen (secondary N) is 1. The first-order chi connectivity index (χ1) is 38.6. The molecule has 3 aromatic carbocycles. The Bertz CT molecular complexity index is 3270. The maximum absolute atomic E-state index is 17.7. The van der Waals surface area contributed by atoms with Crippen LogP contribution in [0.15, 0.2) is 54.7 Å². The number of aromatic nitrogens is 3. The van der Waals surface area contributed by atoms with Crippen molar-refractivity contribution in [3.05, 3.63) is 77.2 Å². The summed E-state index contributed by atoms with van der Waals surface area (Å²) in [5.74, 6) is 2.97. The molecule has 2 unspecified atom stereocenters. The van der Waals surface area contributed by atoms with Gasteiger partial charge in [-0.3, -0.25) is 34.5 Å². The number of imide groups is 1. The highest BCUT2D eigenvalue weighted by atomic mass is 19.1. The summed E-state index contributed by atoms with van der Waals surface area (Å²) >= 11 is 0. The van der Waals surface area contributed by atoms with Crippen LogP contribution < -0.4 is 24.6 Å². The monoisotopic (exact) mass is 1090 g/mol. The second kappa shape index (κ2) is 21.7. The normalized spacial score (nSPS) is 22.4. The molecule has 1 aliphatic carbocycles. The molecule has 5 aromatic rings. The number of hydrogen-bond acceptors (Lipinski definition) is 15. The summed E-state index contributed by atoms with van der Waals surface area (Å²) in [6, 6.07) is 14.5. The van der Waals surface area contributed by atoms with E-state index < -0.39 is 23.4 Å². The minimum absolute atomic E-state index is 0.00156. The zero-order valence-electron chi connectivity index (χ0n) is 46.3. The number of piperazine rings is 2. The van der Waals surface area contributed by atoms with Crippen molar-refractivity contribution in [2.45, 2.75) is 109 Å². The molecule has 1 saturated carbocycles. The molecule has 3 atom stereocenters. The van der Waals surface area contributed by atoms with Crippen LogP contribution in [0.5, 0.6) is 11.8 Å². The molecule has 12 rings (SSSR count). The predicted octanol–water partition coefficient (Wildman–Crippen LogP) is 7.38. The highest BCUT2D eigenvalue weighted by Gasteiger charge is 2.47. The average Bonchev–Trinajstić information content (AvgIpc) is 4.10. The van der Waals surface area contributed by atoms with Crippen molar-refractivity contribution in [1.29, 1.82) is 0 Å². The number of ether oxygens (including phenoxy) is 4. The number of likely N-dealkylation sites (tertiary alicyclic amines) is 1. The number of rotatable bonds is 15. The first-order valence-corrected chi connectivity index (χ1v) is 28.5. The summed E-state index contributed by atoms with van der Waals surface area (Å²) in [6.07, 6.45) is 15.1. The lowest BCUT2D eigenvalue weighted by molar-refractivity contribution is -0.136. The van der Waals surface area contributed by atoms with Gasteiger partial charge < -0.3 is 38.5 Å². The van der Waals surface area contributed by atoms with Gasteiger partial charge in [-0.05, 0) is 145 Å². The lowest BCUT2D eigenvalue weighted by Gasteiger charge is -2.42. The van der Waals surface area contributed by atoms with E-state index in [1.807, 2.05) is 62.1 Å². The average molecular weight is 1090 g/mol. The van der Waals surface area contributed by atoms with E-state index in [2.05, 4.69) is 36.9 Å². The maximum Gasteiger partial charge on any atom is 0.410 e. The molecule has 5 saturated heterocycles. The Morgan fingerprint density at radius 2 is 1.66 bits per heavy atom. The lowest BCUT2D eigenvalue weighted by Crippen LogP contribution is -2.57. The summed E-state index contributed by atoms with van der Waals surface area (Å²) in [5.41, 5.74) is 3.19. The summed E-state index contributed by atoms with van der Waals surface area (Å²) in [6.45, 7) is 15.2. The Labute approximate surface area is 466 Å². The molecule has 2 bridgehead atoms. The number of hydrogen-bond donors (Lipinski definition) is 1. The van der Waals surface area contributed by atoms with Crippen LogP contribution in [0, 0.1) is 29.5 Å². The van der Waals surface area contributed by atoms with Gasteiger partial charge in [0.15, 0.2) is 12.6 Å². The minimum Gasteiger partial charge on any atom is -0.468 e. The first kappa shape index (κ1) is 53.5. The summed E-state index contributed by atoms with van der Waals surface area (Å²) in [7, 11) is 1.54. The van der Waals surface area contributed by atoms with Gasteiger partial charge in [-0.25, -0.2) is 9.18 Å². The van der Waals surface area contributed by atoms with Gasteiger partial charge in [-0.1, -0.05) is 18.1 Å². The molecular formula is C61H71FN10O8. The molecule has 0 spiro atoms. The number of carbonyl (C=O) groups excluding carboxylic acids is 4. The molecular weight excluding hydrogens is 1020 g/mol. The van der Waals surface area contributed by atoms with Crippen molar-refractivity contribution in [3.8, 4) is 35.4 Å². The van der Waals surface area contributed by atoms with Gasteiger partial charge in [0, 0.05) is 105 Å². The minimum atomic E-state index is -0.632. The van der Waals surface area contributed by atoms with E-state index in [-0.39, 0.29) is 65.8 Å². The fourth-order valence-corrected chi connectivity index (χ4v) is 13.1. The Hall–Kier alpha value is -7.14. The van der Waals surface area contributed by atoms with Gasteiger partial charge >= 0.3 is 12.1 Å². The largest absolute Gasteiger partial charge is 0.468 e. The van der Waals surface area contributed by atoms with Gasteiger partial charge in [0.2, 0.25) is 11.8 Å². The number of nitrogens with zero attached hydrogens (tertiary/aromatic N) is 9. The number of pyridine rings is 1. The number of halogens is 1. The maximum atomic E-state index is 17.7. The predicted molar refractivity (Wildman–Crippen MR) is 300 cm³/mol. The number of anilines is 2. The van der Waals surface area contributed by atoms with Crippen LogP contribution in [0.1, 0.15) is 100 Å². The summed E-state index contributed by atoms with van der Waals surface area (Å²) < 4.78 is 41.2. The van der Waals surface area contributed by atoms with E-state index in [4.69, 9.17) is 40.3 Å². The first-order valence-electron chi connectivity index (χ1n) is 28.5. The van der Waals surface area contributed by atoms with Gasteiger partial charge in [0.05, 0.1) is 24.1 Å². The molecule has 18 nitrogen and oxygen atoms in total. The van der Waals surface area contributed by atoms with E-state index in [0.29, 0.717) is 77.6 Å². The smallest absolute Gasteiger partial charge is 0.410 e. The molecule has 1 N–H and O–H groups in total. The number of fused-ring (bicyclic) bond motifs is 5. The molecule has 6 aliphatic heterocycles. The lowest BCUT2D eigenvalue weighted by atomic mass is 9.92. The Balaban J connectivity index is 0.695. The van der Waals surface area contributed by atoms with Crippen molar-refractivity contribution in [2.24, 2.45) is 11.3 Å². The fraction of sp³-hybridized carbons (Fsp3) is 0.525. The molecule has 420 valence electrons. The molecule has 2 aromatic heterocycles. The van der Waals surface area contributed by atoms with E-state index in [0.717, 1.165) is 108 Å². The second-order valence-corrected chi connectivity index (χ2v) is 24.1. The standard InChI is InChI=1S/C61H71FN10O8/c1-6-39-8-7-9-40-29-45(79-37-77-5)30-47(51(39)40)53-52(62)54-48(31-63-53)55(70-33-43-10-11-44(34-70)72(43)59(76)80-60(2,3)4)66-58(65-54)78-36-61(19-20-61)35-68-22-17-38(18-23-68)16-21-67-24-26-69(27-25-67)42-12-13-46-41(28-42)32-71(57(46)75)49-14-15-50(73)64-56(49)74/h1,7-9,12-13,28-31,38,43-44,49H,10-11,14-27,32-37H2,2-5H3,(H,64,73,74)/t43?,44?,49-/m0/s1. The second-order valence-electron chi connectivity index (χ2n) is 24.1. The third-order valence-corrected chi connectivity index (χ3v) is 17.6. The quantitative estimate of drug-likeness (QED) is 0.0624. The van der Waals surface area contributed by atoms with Crippen molar-refractivity contribution >= 4 is 57.0 Å². The fourth-order valence-electron chi connectivity index (χ4n) is 13.1. The topological polar surface area (TPSA) is 175 Å². The van der Waals surface area contributed by atoms with E-state index >= 15 is 4.39 Å². The van der Waals surface area contributed by atoms with Crippen molar-refractivity contribution in [3.63, 3.8) is 0 Å². The Kier molecular flexibility index (Phi) is 14.5. The Morgan fingerprint density at radius 1 is 0.887 bits per heavy atom. The van der Waals surface area contributed by atoms with Gasteiger partial charge in [-0.2, -0.15) is 9.97 Å². The van der Waals surface area contributed by atoms with Crippen LogP contribution in [-0.4, -0.2) is 168 Å². The number of methoxy groups -OCH3 is 1. The van der Waals surface area contributed by atoms with E-state index in [1.54, 1.807) is 17.2 Å². The van der Waals surface area contributed by atoms with Gasteiger partial charge in [0.25, 0.3) is 5.91 Å². The molecule has 19 heteroatoms. The van der Waals surface area contributed by atoms with E-state index in [9.17, 15) is 19.2 Å². The molecule has 7 aliphatic rings. The molecule has 6 fully saturated rings. The van der Waals surface area contributed by atoms with Crippen LogP contribution >= 0.6 is 0 Å². The highest BCUT2D eigenvalue weighted by molar-refractivity contribution is 6.06. The number of amides is 4. The summed E-state index contributed by atoms with van der Waals surface area (Å²) in [4.78, 5) is 78.9. The van der Waals surface area contributed by atoms with Crippen molar-refractivity contribution in [2.75, 3.05) is 95.8 Å². The van der Waals surface area contributed by atoms with Crippen LogP contribution in [-0.2, 0) is 25.6 Å². The number of benzene rings is 3. The van der Waals surface area contributed by atoms with Crippen LogP contribution in [0.3, 0.4) is 0 Å². The number of terminal acetylenes is 1. The van der Waals surface area contributed by atoms with Crippen molar-refractivity contribution in [1.82, 2.24) is 39.9 Å². The third-order valence-electron chi connectivity index (χ3n) is 17.6.